The minimum absolute atomic E-state index is 0.000590. The van der Waals surface area contributed by atoms with Crippen LogP contribution in [0.1, 0.15) is 81.8 Å². The molecule has 0 bridgehead atoms. The second-order valence-corrected chi connectivity index (χ2v) is 12.2. The quantitative estimate of drug-likeness (QED) is 0.285. The first-order valence-electron chi connectivity index (χ1n) is 15.7. The Morgan fingerprint density at radius 1 is 0.950 bits per heavy atom. The van der Waals surface area contributed by atoms with E-state index in [9.17, 15) is 9.59 Å². The van der Waals surface area contributed by atoms with E-state index in [4.69, 9.17) is 0 Å². The van der Waals surface area contributed by atoms with Gasteiger partial charge in [0.15, 0.2) is 0 Å². The van der Waals surface area contributed by atoms with E-state index in [1.807, 2.05) is 31.3 Å². The minimum Gasteiger partial charge on any atom is -0.337 e. The van der Waals surface area contributed by atoms with Gasteiger partial charge in [-0.05, 0) is 80.7 Å². The molecule has 2 aliphatic rings. The summed E-state index contributed by atoms with van der Waals surface area (Å²) in [6, 6.07) is 20.9. The minimum atomic E-state index is 0.000590. The van der Waals surface area contributed by atoms with Crippen molar-refractivity contribution >= 4 is 16.8 Å². The van der Waals surface area contributed by atoms with E-state index in [1.165, 1.54) is 31.4 Å². The van der Waals surface area contributed by atoms with Gasteiger partial charge in [0.2, 0.25) is 5.91 Å². The maximum absolute atomic E-state index is 14.2. The van der Waals surface area contributed by atoms with Crippen molar-refractivity contribution in [2.24, 2.45) is 18.9 Å². The summed E-state index contributed by atoms with van der Waals surface area (Å²) in [6.07, 6.45) is 10.2. The van der Waals surface area contributed by atoms with Crippen LogP contribution in [0.5, 0.6) is 0 Å². The molecule has 1 aliphatic heterocycles. The van der Waals surface area contributed by atoms with Gasteiger partial charge in [0, 0.05) is 31.0 Å². The molecule has 0 spiro atoms. The number of amides is 1. The van der Waals surface area contributed by atoms with Crippen LogP contribution in [0.3, 0.4) is 0 Å². The third kappa shape index (κ3) is 6.68. The highest BCUT2D eigenvalue weighted by Gasteiger charge is 2.33. The first-order chi connectivity index (χ1) is 19.5. The van der Waals surface area contributed by atoms with Crippen LogP contribution < -0.4 is 5.56 Å². The molecule has 0 N–H and O–H groups in total. The van der Waals surface area contributed by atoms with Crippen molar-refractivity contribution in [2.75, 3.05) is 26.2 Å². The van der Waals surface area contributed by atoms with Gasteiger partial charge in [-0.15, -0.1) is 0 Å². The summed E-state index contributed by atoms with van der Waals surface area (Å²) in [5.74, 6) is 1.12. The molecule has 2 aromatic carbocycles. The molecule has 5 heteroatoms. The molecule has 3 aromatic rings. The number of unbranched alkanes of at least 4 members (excludes halogenated alkanes) is 1. The fraction of sp³-hybridized carbons (Fsp3) is 0.543. The summed E-state index contributed by atoms with van der Waals surface area (Å²) < 4.78 is 1.74. The Morgan fingerprint density at radius 2 is 1.65 bits per heavy atom. The summed E-state index contributed by atoms with van der Waals surface area (Å²) in [5.41, 5.74) is 2.97. The highest BCUT2D eigenvalue weighted by atomic mass is 16.2. The van der Waals surface area contributed by atoms with Crippen LogP contribution in [0.25, 0.3) is 10.9 Å². The van der Waals surface area contributed by atoms with Crippen LogP contribution >= 0.6 is 0 Å². The van der Waals surface area contributed by atoms with Crippen molar-refractivity contribution in [1.82, 2.24) is 14.4 Å². The molecule has 1 amide bonds. The Bertz CT molecular complexity index is 1300. The number of benzene rings is 2. The Kier molecular flexibility index (Phi) is 9.74. The molecule has 1 saturated heterocycles. The molecule has 2 fully saturated rings. The monoisotopic (exact) mass is 541 g/mol. The third-order valence-electron chi connectivity index (χ3n) is 9.51. The number of likely N-dealkylation sites (tertiary alicyclic amines) is 1. The van der Waals surface area contributed by atoms with Gasteiger partial charge in [-0.2, -0.15) is 0 Å². The molecule has 2 heterocycles. The predicted molar refractivity (Wildman–Crippen MR) is 164 cm³/mol. The molecule has 1 aliphatic carbocycles. The number of nitrogens with zero attached hydrogens (tertiary/aromatic N) is 3. The zero-order valence-corrected chi connectivity index (χ0v) is 24.6. The molecular weight excluding hydrogens is 494 g/mol. The van der Waals surface area contributed by atoms with Gasteiger partial charge in [0.1, 0.15) is 0 Å². The van der Waals surface area contributed by atoms with Crippen LogP contribution in [-0.2, 0) is 18.4 Å². The van der Waals surface area contributed by atoms with Gasteiger partial charge in [0.25, 0.3) is 5.56 Å². The van der Waals surface area contributed by atoms with Crippen LogP contribution in [0, 0.1) is 11.8 Å². The number of piperidine rings is 1. The summed E-state index contributed by atoms with van der Waals surface area (Å²) in [4.78, 5) is 32.4. The molecule has 5 nitrogen and oxygen atoms in total. The number of aryl methyl sites for hydroxylation is 1. The first-order valence-corrected chi connectivity index (χ1v) is 15.7. The maximum atomic E-state index is 14.2. The van der Waals surface area contributed by atoms with E-state index in [-0.39, 0.29) is 23.3 Å². The summed E-state index contributed by atoms with van der Waals surface area (Å²) in [7, 11) is 1.85. The maximum Gasteiger partial charge on any atom is 0.255 e. The molecular formula is C35H47N3O2. The number of hydrogen-bond donors (Lipinski definition) is 0. The van der Waals surface area contributed by atoms with Gasteiger partial charge in [-0.25, -0.2) is 0 Å². The van der Waals surface area contributed by atoms with Gasteiger partial charge >= 0.3 is 0 Å². The van der Waals surface area contributed by atoms with Gasteiger partial charge in [0.05, 0.1) is 12.1 Å². The molecule has 1 unspecified atom stereocenters. The van der Waals surface area contributed by atoms with E-state index in [0.29, 0.717) is 24.6 Å². The number of hydrogen-bond acceptors (Lipinski definition) is 3. The lowest BCUT2D eigenvalue weighted by Crippen LogP contribution is -2.43. The fourth-order valence-corrected chi connectivity index (χ4v) is 7.07. The number of carbonyl (C=O) groups excluding carboxylic acids is 1. The standard InChI is InChI=1S/C35H47N3O2/c1-3-4-21-37-22-19-28(20-23-37)32(27-13-7-5-8-14-27)26-38(35(40)29-15-9-6-10-16-29)25-31-24-30-17-11-12-18-33(30)36(2)34(31)39/h5,7-8,11-14,17-18,24,28-29,32H,3-4,6,9-10,15-16,19-23,25-26H2,1-2H3. The van der Waals surface area contributed by atoms with Crippen LogP contribution in [0.2, 0.25) is 0 Å². The lowest BCUT2D eigenvalue weighted by molar-refractivity contribution is -0.137. The Balaban J connectivity index is 1.45. The van der Waals surface area contributed by atoms with Gasteiger partial charge < -0.3 is 14.4 Å². The summed E-state index contributed by atoms with van der Waals surface area (Å²) in [6.45, 7) is 6.78. The molecule has 1 aromatic heterocycles. The van der Waals surface area contributed by atoms with Gasteiger partial charge in [-0.3, -0.25) is 9.59 Å². The van der Waals surface area contributed by atoms with Crippen molar-refractivity contribution in [3.8, 4) is 0 Å². The van der Waals surface area contributed by atoms with Crippen molar-refractivity contribution < 1.29 is 4.79 Å². The number of para-hydroxylation sites is 1. The highest BCUT2D eigenvalue weighted by Crippen LogP contribution is 2.35. The molecule has 0 radical (unpaired) electrons. The molecule has 1 atom stereocenters. The molecule has 40 heavy (non-hydrogen) atoms. The summed E-state index contributed by atoms with van der Waals surface area (Å²) in [5, 5.41) is 1.05. The van der Waals surface area contributed by atoms with Crippen molar-refractivity contribution in [3.05, 3.63) is 82.1 Å². The highest BCUT2D eigenvalue weighted by molar-refractivity contribution is 5.81. The van der Waals surface area contributed by atoms with E-state index in [1.54, 1.807) is 4.57 Å². The number of carbonyl (C=O) groups is 1. The second kappa shape index (κ2) is 13.6. The Hall–Kier alpha value is -2.92. The second-order valence-electron chi connectivity index (χ2n) is 12.2. The van der Waals surface area contributed by atoms with E-state index >= 15 is 0 Å². The third-order valence-corrected chi connectivity index (χ3v) is 9.51. The number of fused-ring (bicyclic) bond motifs is 1. The van der Waals surface area contributed by atoms with Crippen LogP contribution in [-0.4, -0.2) is 46.5 Å². The Morgan fingerprint density at radius 3 is 2.38 bits per heavy atom. The lowest BCUT2D eigenvalue weighted by Gasteiger charge is -2.39. The first kappa shape index (κ1) is 28.6. The SMILES string of the molecule is CCCCN1CCC(C(CN(Cc2cc3ccccc3n(C)c2=O)C(=O)C2CCCCC2)c2ccccc2)CC1. The smallest absolute Gasteiger partial charge is 0.255 e. The van der Waals surface area contributed by atoms with Crippen molar-refractivity contribution in [3.63, 3.8) is 0 Å². The van der Waals surface area contributed by atoms with Crippen molar-refractivity contribution in [2.45, 2.75) is 77.2 Å². The molecule has 1 saturated carbocycles. The zero-order valence-electron chi connectivity index (χ0n) is 24.6. The summed E-state index contributed by atoms with van der Waals surface area (Å²) >= 11 is 0. The zero-order chi connectivity index (χ0) is 27.9. The van der Waals surface area contributed by atoms with Crippen LogP contribution in [0.4, 0.5) is 0 Å². The largest absolute Gasteiger partial charge is 0.337 e. The van der Waals surface area contributed by atoms with Crippen LogP contribution in [0.15, 0.2) is 65.5 Å². The lowest BCUT2D eigenvalue weighted by atomic mass is 9.79. The average Bonchev–Trinajstić information content (AvgIpc) is 3.01. The number of rotatable bonds is 10. The average molecular weight is 542 g/mol. The normalized spacial score (nSPS) is 18.1. The van der Waals surface area contributed by atoms with Crippen molar-refractivity contribution in [1.29, 1.82) is 0 Å². The Labute approximate surface area is 240 Å². The predicted octanol–water partition coefficient (Wildman–Crippen LogP) is 6.74. The number of aromatic nitrogens is 1. The number of pyridine rings is 1. The topological polar surface area (TPSA) is 45.5 Å². The molecule has 5 rings (SSSR count). The van der Waals surface area contributed by atoms with Gasteiger partial charge in [-0.1, -0.05) is 81.1 Å². The molecule has 214 valence electrons. The van der Waals surface area contributed by atoms with E-state index < -0.39 is 0 Å². The fourth-order valence-electron chi connectivity index (χ4n) is 7.07. The van der Waals surface area contributed by atoms with E-state index in [2.05, 4.69) is 53.1 Å². The van der Waals surface area contributed by atoms with E-state index in [0.717, 1.165) is 62.5 Å².